The van der Waals surface area contributed by atoms with Gasteiger partial charge in [0.25, 0.3) is 0 Å². The molecule has 0 saturated heterocycles. The molecule has 0 aromatic heterocycles. The van der Waals surface area contributed by atoms with Crippen molar-refractivity contribution in [3.8, 4) is 5.75 Å². The van der Waals surface area contributed by atoms with Crippen molar-refractivity contribution < 1.29 is 4.74 Å². The van der Waals surface area contributed by atoms with Crippen molar-refractivity contribution >= 4 is 22.5 Å². The normalized spacial score (nSPS) is 13.8. The molecule has 0 atom stereocenters. The van der Waals surface area contributed by atoms with Crippen LogP contribution in [-0.4, -0.2) is 37.4 Å². The number of hydrogen-bond acceptors (Lipinski definition) is 4. The van der Waals surface area contributed by atoms with Crippen molar-refractivity contribution in [2.75, 3.05) is 32.5 Å². The molecule has 3 nitrogen and oxygen atoms in total. The molecular formula is C23H26N2OS. The zero-order chi connectivity index (χ0) is 18.5. The maximum atomic E-state index is 5.20. The average molecular weight is 379 g/mol. The lowest BCUT2D eigenvalue weighted by molar-refractivity contribution is 0.253. The Balaban J connectivity index is 1.20. The molecular weight excluding hydrogens is 352 g/mol. The SMILES string of the molecule is COc1ccc(SCCNCCN2Cc3cccc4cccc(c34)C2)cc1. The molecule has 3 aromatic rings. The van der Waals surface area contributed by atoms with E-state index in [9.17, 15) is 0 Å². The molecule has 4 heteroatoms. The summed E-state index contributed by atoms with van der Waals surface area (Å²) in [5.74, 6) is 1.99. The second-order valence-corrected chi connectivity index (χ2v) is 8.09. The Kier molecular flexibility index (Phi) is 5.97. The second kappa shape index (κ2) is 8.79. The molecule has 1 aliphatic rings. The molecule has 0 saturated carbocycles. The van der Waals surface area contributed by atoms with Crippen LogP contribution >= 0.6 is 11.8 Å². The van der Waals surface area contributed by atoms with Gasteiger partial charge in [0.1, 0.15) is 5.75 Å². The van der Waals surface area contributed by atoms with Gasteiger partial charge in [-0.1, -0.05) is 36.4 Å². The Labute approximate surface area is 165 Å². The molecule has 0 bridgehead atoms. The Bertz CT molecular complexity index is 854. The van der Waals surface area contributed by atoms with Crippen molar-refractivity contribution in [2.45, 2.75) is 18.0 Å². The molecule has 0 radical (unpaired) electrons. The first-order valence-electron chi connectivity index (χ1n) is 9.53. The summed E-state index contributed by atoms with van der Waals surface area (Å²) in [4.78, 5) is 3.83. The highest BCUT2D eigenvalue weighted by molar-refractivity contribution is 7.99. The minimum absolute atomic E-state index is 0.913. The highest BCUT2D eigenvalue weighted by Crippen LogP contribution is 2.29. The minimum Gasteiger partial charge on any atom is -0.497 e. The van der Waals surface area contributed by atoms with Crippen molar-refractivity contribution in [1.29, 1.82) is 0 Å². The van der Waals surface area contributed by atoms with E-state index >= 15 is 0 Å². The summed E-state index contributed by atoms with van der Waals surface area (Å²) in [6.07, 6.45) is 0. The number of ether oxygens (including phenoxy) is 1. The van der Waals surface area contributed by atoms with E-state index in [1.165, 1.54) is 26.8 Å². The lowest BCUT2D eigenvalue weighted by Gasteiger charge is -2.29. The number of benzene rings is 3. The maximum Gasteiger partial charge on any atom is 0.118 e. The van der Waals surface area contributed by atoms with Gasteiger partial charge in [-0.05, 0) is 46.2 Å². The minimum atomic E-state index is 0.913. The highest BCUT2D eigenvalue weighted by Gasteiger charge is 2.17. The third-order valence-corrected chi connectivity index (χ3v) is 6.09. The molecule has 27 heavy (non-hydrogen) atoms. The number of nitrogens with zero attached hydrogens (tertiary/aromatic N) is 1. The van der Waals surface area contributed by atoms with Gasteiger partial charge >= 0.3 is 0 Å². The van der Waals surface area contributed by atoms with Gasteiger partial charge in [0.15, 0.2) is 0 Å². The molecule has 0 amide bonds. The summed E-state index contributed by atoms with van der Waals surface area (Å²) in [5.41, 5.74) is 2.92. The van der Waals surface area contributed by atoms with E-state index in [1.807, 2.05) is 23.9 Å². The van der Waals surface area contributed by atoms with Crippen LogP contribution in [0, 0.1) is 0 Å². The highest BCUT2D eigenvalue weighted by atomic mass is 32.2. The molecule has 4 rings (SSSR count). The van der Waals surface area contributed by atoms with Crippen molar-refractivity contribution in [3.63, 3.8) is 0 Å². The molecule has 140 valence electrons. The first kappa shape index (κ1) is 18.4. The molecule has 0 aliphatic carbocycles. The van der Waals surface area contributed by atoms with E-state index in [4.69, 9.17) is 4.74 Å². The number of nitrogens with one attached hydrogen (secondary N) is 1. The van der Waals surface area contributed by atoms with Crippen LogP contribution in [-0.2, 0) is 13.1 Å². The number of rotatable bonds is 8. The number of methoxy groups -OCH3 is 1. The fraction of sp³-hybridized carbons (Fsp3) is 0.304. The molecule has 1 N–H and O–H groups in total. The Hall–Kier alpha value is -2.01. The zero-order valence-electron chi connectivity index (χ0n) is 15.8. The quantitative estimate of drug-likeness (QED) is 0.459. The van der Waals surface area contributed by atoms with E-state index in [2.05, 4.69) is 58.7 Å². The van der Waals surface area contributed by atoms with E-state index in [0.29, 0.717) is 0 Å². The van der Waals surface area contributed by atoms with Gasteiger partial charge in [0, 0.05) is 43.4 Å². The van der Waals surface area contributed by atoms with Crippen LogP contribution in [0.5, 0.6) is 5.75 Å². The van der Waals surface area contributed by atoms with Gasteiger partial charge in [-0.25, -0.2) is 0 Å². The molecule has 3 aromatic carbocycles. The molecule has 1 aliphatic heterocycles. The van der Waals surface area contributed by atoms with Crippen molar-refractivity contribution in [2.24, 2.45) is 0 Å². The van der Waals surface area contributed by atoms with Crippen LogP contribution in [0.3, 0.4) is 0 Å². The topological polar surface area (TPSA) is 24.5 Å². The zero-order valence-corrected chi connectivity index (χ0v) is 16.6. The number of thioether (sulfide) groups is 1. The molecule has 0 unspecified atom stereocenters. The van der Waals surface area contributed by atoms with Gasteiger partial charge in [-0.2, -0.15) is 0 Å². The lowest BCUT2D eigenvalue weighted by atomic mass is 9.95. The van der Waals surface area contributed by atoms with E-state index in [-0.39, 0.29) is 0 Å². The fourth-order valence-corrected chi connectivity index (χ4v) is 4.55. The van der Waals surface area contributed by atoms with E-state index in [1.54, 1.807) is 7.11 Å². The van der Waals surface area contributed by atoms with Gasteiger partial charge < -0.3 is 10.1 Å². The van der Waals surface area contributed by atoms with E-state index in [0.717, 1.165) is 44.2 Å². The van der Waals surface area contributed by atoms with Gasteiger partial charge in [-0.15, -0.1) is 11.8 Å². The van der Waals surface area contributed by atoms with Crippen molar-refractivity contribution in [3.05, 3.63) is 71.8 Å². The summed E-state index contributed by atoms with van der Waals surface area (Å²) in [5, 5.41) is 6.43. The largest absolute Gasteiger partial charge is 0.497 e. The van der Waals surface area contributed by atoms with Crippen LogP contribution in [0.4, 0.5) is 0 Å². The van der Waals surface area contributed by atoms with Crippen LogP contribution in [0.1, 0.15) is 11.1 Å². The summed E-state index contributed by atoms with van der Waals surface area (Å²) < 4.78 is 5.20. The first-order valence-corrected chi connectivity index (χ1v) is 10.5. The van der Waals surface area contributed by atoms with Crippen LogP contribution < -0.4 is 10.1 Å². The van der Waals surface area contributed by atoms with Gasteiger partial charge in [-0.3, -0.25) is 4.90 Å². The first-order chi connectivity index (χ1) is 13.3. The monoisotopic (exact) mass is 378 g/mol. The lowest BCUT2D eigenvalue weighted by Crippen LogP contribution is -2.34. The van der Waals surface area contributed by atoms with Crippen LogP contribution in [0.25, 0.3) is 10.8 Å². The van der Waals surface area contributed by atoms with Crippen LogP contribution in [0.15, 0.2) is 65.6 Å². The van der Waals surface area contributed by atoms with Gasteiger partial charge in [0.2, 0.25) is 0 Å². The Morgan fingerprint density at radius 3 is 2.30 bits per heavy atom. The predicted molar refractivity (Wildman–Crippen MR) is 115 cm³/mol. The Morgan fingerprint density at radius 2 is 1.63 bits per heavy atom. The third kappa shape index (κ3) is 4.46. The predicted octanol–water partition coefficient (Wildman–Crippen LogP) is 4.55. The standard InChI is InChI=1S/C23H26N2OS/c1-26-21-8-10-22(11-9-21)27-15-13-24-12-14-25-16-19-6-2-4-18-5-3-7-20(17-25)23(18)19/h2-11,24H,12-17H2,1H3. The van der Waals surface area contributed by atoms with Gasteiger partial charge in [0.05, 0.1) is 7.11 Å². The summed E-state index contributed by atoms with van der Waals surface area (Å²) in [7, 11) is 1.70. The summed E-state index contributed by atoms with van der Waals surface area (Å²) in [6.45, 7) is 5.24. The van der Waals surface area contributed by atoms with E-state index < -0.39 is 0 Å². The molecule has 0 fully saturated rings. The van der Waals surface area contributed by atoms with Crippen LogP contribution in [0.2, 0.25) is 0 Å². The fourth-order valence-electron chi connectivity index (χ4n) is 3.74. The smallest absolute Gasteiger partial charge is 0.118 e. The Morgan fingerprint density at radius 1 is 0.926 bits per heavy atom. The molecule has 0 spiro atoms. The third-order valence-electron chi connectivity index (χ3n) is 5.08. The summed E-state index contributed by atoms with van der Waals surface area (Å²) in [6, 6.07) is 21.6. The average Bonchev–Trinajstić information content (AvgIpc) is 2.71. The van der Waals surface area contributed by atoms with Crippen molar-refractivity contribution in [1.82, 2.24) is 10.2 Å². The summed E-state index contributed by atoms with van der Waals surface area (Å²) >= 11 is 1.88. The number of hydrogen-bond donors (Lipinski definition) is 1. The second-order valence-electron chi connectivity index (χ2n) is 6.92. The molecule has 1 heterocycles. The maximum absolute atomic E-state index is 5.20.